The molecule has 1 heterocycles. The van der Waals surface area contributed by atoms with Gasteiger partial charge in [-0.25, -0.2) is 0 Å². The number of carbonyl (C=O) groups is 1. The summed E-state index contributed by atoms with van der Waals surface area (Å²) in [4.78, 5) is 15.5. The summed E-state index contributed by atoms with van der Waals surface area (Å²) in [6.45, 7) is 4.70. The Morgan fingerprint density at radius 2 is 2.50 bits per heavy atom. The summed E-state index contributed by atoms with van der Waals surface area (Å²) in [6, 6.07) is 0.0422. The van der Waals surface area contributed by atoms with Gasteiger partial charge in [0.2, 0.25) is 5.91 Å². The van der Waals surface area contributed by atoms with Gasteiger partial charge in [0.1, 0.15) is 0 Å². The zero-order valence-electron chi connectivity index (χ0n) is 8.46. The molecule has 0 aromatic heterocycles. The lowest BCUT2D eigenvalue weighted by Crippen LogP contribution is -2.37. The maximum Gasteiger partial charge on any atom is 0.220 e. The van der Waals surface area contributed by atoms with Crippen LogP contribution in [0.5, 0.6) is 0 Å². The maximum absolute atomic E-state index is 11.4. The average molecular weight is 259 g/mol. The summed E-state index contributed by atoms with van der Waals surface area (Å²) >= 11 is 3.33. The van der Waals surface area contributed by atoms with E-state index in [1.807, 2.05) is 19.9 Å². The maximum atomic E-state index is 11.4. The van der Waals surface area contributed by atoms with Crippen molar-refractivity contribution in [3.63, 3.8) is 0 Å². The number of hydrogen-bond donors (Lipinski definition) is 1. The van der Waals surface area contributed by atoms with E-state index >= 15 is 0 Å². The van der Waals surface area contributed by atoms with Crippen LogP contribution in [-0.2, 0) is 4.79 Å². The van der Waals surface area contributed by atoms with E-state index in [0.29, 0.717) is 18.9 Å². The van der Waals surface area contributed by atoms with Gasteiger partial charge in [0.15, 0.2) is 0 Å². The predicted molar refractivity (Wildman–Crippen MR) is 61.8 cm³/mol. The van der Waals surface area contributed by atoms with Crippen LogP contribution in [-0.4, -0.2) is 24.7 Å². The van der Waals surface area contributed by atoms with Gasteiger partial charge in [-0.15, -0.1) is 0 Å². The molecule has 1 unspecified atom stereocenters. The van der Waals surface area contributed by atoms with Gasteiger partial charge in [0.05, 0.1) is 12.6 Å². The fraction of sp³-hybridized carbons (Fsp3) is 0.600. The highest BCUT2D eigenvalue weighted by Gasteiger charge is 2.12. The minimum Gasteiger partial charge on any atom is -0.348 e. The van der Waals surface area contributed by atoms with E-state index in [2.05, 4.69) is 26.2 Å². The molecule has 0 bridgehead atoms. The molecule has 1 aliphatic rings. The van der Waals surface area contributed by atoms with Crippen LogP contribution in [0, 0.1) is 5.92 Å². The zero-order valence-corrected chi connectivity index (χ0v) is 10.0. The number of aliphatic imine (C=N–C) groups is 1. The molecule has 1 rings (SSSR count). The average Bonchev–Trinajstić information content (AvgIpc) is 2.01. The number of hydrogen-bond acceptors (Lipinski definition) is 2. The molecule has 0 saturated carbocycles. The molecule has 0 aromatic carbocycles. The summed E-state index contributed by atoms with van der Waals surface area (Å²) in [5.41, 5.74) is 0. The molecule has 0 spiro atoms. The second-order valence-electron chi connectivity index (χ2n) is 3.82. The molecule has 0 radical (unpaired) electrons. The molecule has 0 aromatic rings. The Balaban J connectivity index is 2.38. The van der Waals surface area contributed by atoms with Crippen molar-refractivity contribution in [1.82, 2.24) is 5.32 Å². The number of rotatable bonds is 3. The third-order valence-electron chi connectivity index (χ3n) is 1.82. The highest BCUT2D eigenvalue weighted by molar-refractivity contribution is 9.12. The highest BCUT2D eigenvalue weighted by Crippen LogP contribution is 2.09. The summed E-state index contributed by atoms with van der Waals surface area (Å²) in [5.74, 6) is 0.494. The molecule has 0 fully saturated rings. The molecule has 78 valence electrons. The molecule has 1 N–H and O–H groups in total. The number of carbonyl (C=O) groups excluding carboxylic acids is 1. The van der Waals surface area contributed by atoms with E-state index in [-0.39, 0.29) is 11.9 Å². The van der Waals surface area contributed by atoms with Gasteiger partial charge in [0.25, 0.3) is 0 Å². The summed E-state index contributed by atoms with van der Waals surface area (Å²) in [7, 11) is 0. The van der Waals surface area contributed by atoms with Gasteiger partial charge in [-0.05, 0) is 27.9 Å². The second-order valence-corrected chi connectivity index (χ2v) is 4.73. The smallest absolute Gasteiger partial charge is 0.220 e. The first-order valence-electron chi connectivity index (χ1n) is 4.74. The van der Waals surface area contributed by atoms with E-state index < -0.39 is 0 Å². The Morgan fingerprint density at radius 3 is 3.07 bits per heavy atom. The van der Waals surface area contributed by atoms with E-state index in [0.717, 1.165) is 4.48 Å². The Morgan fingerprint density at radius 1 is 1.79 bits per heavy atom. The largest absolute Gasteiger partial charge is 0.348 e. The topological polar surface area (TPSA) is 41.5 Å². The fourth-order valence-electron chi connectivity index (χ4n) is 1.27. The lowest BCUT2D eigenvalue weighted by molar-refractivity contribution is -0.122. The van der Waals surface area contributed by atoms with Crippen molar-refractivity contribution < 1.29 is 4.79 Å². The van der Waals surface area contributed by atoms with Crippen molar-refractivity contribution in [3.05, 3.63) is 10.6 Å². The van der Waals surface area contributed by atoms with Crippen molar-refractivity contribution in [3.8, 4) is 0 Å². The standard InChI is InChI=1S/C10H15BrN2O/c1-7(2)3-10(14)13-9-4-8(11)5-12-6-9/h4-5,7,9H,3,6H2,1-2H3,(H,13,14). The van der Waals surface area contributed by atoms with Crippen molar-refractivity contribution >= 4 is 28.1 Å². The van der Waals surface area contributed by atoms with Crippen LogP contribution in [0.2, 0.25) is 0 Å². The molecule has 3 nitrogen and oxygen atoms in total. The molecule has 4 heteroatoms. The van der Waals surface area contributed by atoms with Crippen LogP contribution in [0.3, 0.4) is 0 Å². The third kappa shape index (κ3) is 4.05. The van der Waals surface area contributed by atoms with Crippen LogP contribution in [0.1, 0.15) is 20.3 Å². The van der Waals surface area contributed by atoms with Crippen molar-refractivity contribution in [2.75, 3.05) is 6.54 Å². The molecule has 14 heavy (non-hydrogen) atoms. The first-order valence-corrected chi connectivity index (χ1v) is 5.53. The molecule has 1 amide bonds. The Hall–Kier alpha value is -0.640. The van der Waals surface area contributed by atoms with E-state index in [1.54, 1.807) is 6.21 Å². The number of amides is 1. The van der Waals surface area contributed by atoms with Crippen molar-refractivity contribution in [2.24, 2.45) is 10.9 Å². The number of dihydropyridines is 1. The quantitative estimate of drug-likeness (QED) is 0.826. The van der Waals surface area contributed by atoms with Gasteiger partial charge >= 0.3 is 0 Å². The SMILES string of the molecule is CC(C)CC(=O)NC1C=C(Br)C=NC1. The Kier molecular flexibility index (Phi) is 4.32. The minimum atomic E-state index is 0.0422. The van der Waals surface area contributed by atoms with Gasteiger partial charge in [-0.3, -0.25) is 9.79 Å². The van der Waals surface area contributed by atoms with Crippen molar-refractivity contribution in [2.45, 2.75) is 26.3 Å². The van der Waals surface area contributed by atoms with Crippen LogP contribution < -0.4 is 5.32 Å². The summed E-state index contributed by atoms with van der Waals surface area (Å²) in [6.07, 6.45) is 4.29. The number of allylic oxidation sites excluding steroid dienone is 1. The van der Waals surface area contributed by atoms with E-state index in [1.165, 1.54) is 0 Å². The van der Waals surface area contributed by atoms with Crippen LogP contribution in [0.15, 0.2) is 15.6 Å². The van der Waals surface area contributed by atoms with Crippen molar-refractivity contribution in [1.29, 1.82) is 0 Å². The van der Waals surface area contributed by atoms with Gasteiger partial charge in [-0.1, -0.05) is 13.8 Å². The third-order valence-corrected chi connectivity index (χ3v) is 2.29. The van der Waals surface area contributed by atoms with E-state index in [9.17, 15) is 4.79 Å². The molecule has 1 aliphatic heterocycles. The van der Waals surface area contributed by atoms with Crippen LogP contribution in [0.4, 0.5) is 0 Å². The zero-order chi connectivity index (χ0) is 10.6. The second kappa shape index (κ2) is 5.29. The first kappa shape index (κ1) is 11.4. The number of nitrogens with zero attached hydrogens (tertiary/aromatic N) is 1. The lowest BCUT2D eigenvalue weighted by atomic mass is 10.1. The number of nitrogens with one attached hydrogen (secondary N) is 1. The predicted octanol–water partition coefficient (Wildman–Crippen LogP) is 1.88. The summed E-state index contributed by atoms with van der Waals surface area (Å²) < 4.78 is 0.929. The molecular formula is C10H15BrN2O. The molecule has 0 saturated heterocycles. The monoisotopic (exact) mass is 258 g/mol. The Bertz CT molecular complexity index is 271. The fourth-order valence-corrected chi connectivity index (χ4v) is 1.73. The van der Waals surface area contributed by atoms with E-state index in [4.69, 9.17) is 0 Å². The van der Waals surface area contributed by atoms with Crippen LogP contribution >= 0.6 is 15.9 Å². The van der Waals surface area contributed by atoms with Gasteiger partial charge in [-0.2, -0.15) is 0 Å². The summed E-state index contributed by atoms with van der Waals surface area (Å²) in [5, 5.41) is 2.92. The highest BCUT2D eigenvalue weighted by atomic mass is 79.9. The minimum absolute atomic E-state index is 0.0422. The van der Waals surface area contributed by atoms with Gasteiger partial charge in [0, 0.05) is 17.1 Å². The molecule has 1 atom stereocenters. The molecule has 0 aliphatic carbocycles. The number of halogens is 1. The molecular weight excluding hydrogens is 244 g/mol. The first-order chi connectivity index (χ1) is 6.58. The van der Waals surface area contributed by atoms with Gasteiger partial charge < -0.3 is 5.32 Å². The Labute approximate surface area is 92.8 Å². The van der Waals surface area contributed by atoms with Crippen LogP contribution in [0.25, 0.3) is 0 Å². The normalized spacial score (nSPS) is 20.9. The lowest BCUT2D eigenvalue weighted by Gasteiger charge is -2.16.